The van der Waals surface area contributed by atoms with Crippen LogP contribution in [0, 0.1) is 3.57 Å². The third kappa shape index (κ3) is 5.34. The van der Waals surface area contributed by atoms with E-state index in [0.717, 1.165) is 16.5 Å². The SMILES string of the molecule is CCCNC(CCn1cc(I)cn1)C(=O)OCC. The largest absolute Gasteiger partial charge is 0.465 e. The number of halogens is 1. The molecule has 0 saturated carbocycles. The fourth-order valence-corrected chi connectivity index (χ4v) is 2.03. The fourth-order valence-electron chi connectivity index (χ4n) is 1.59. The zero-order valence-electron chi connectivity index (χ0n) is 10.9. The highest BCUT2D eigenvalue weighted by atomic mass is 127. The molecule has 0 fully saturated rings. The van der Waals surface area contributed by atoms with Crippen molar-refractivity contribution < 1.29 is 9.53 Å². The Balaban J connectivity index is 2.46. The lowest BCUT2D eigenvalue weighted by atomic mass is 10.2. The number of hydrogen-bond acceptors (Lipinski definition) is 4. The highest BCUT2D eigenvalue weighted by Gasteiger charge is 2.18. The lowest BCUT2D eigenvalue weighted by Gasteiger charge is -2.16. The van der Waals surface area contributed by atoms with E-state index in [2.05, 4.69) is 39.9 Å². The van der Waals surface area contributed by atoms with E-state index in [0.29, 0.717) is 19.6 Å². The van der Waals surface area contributed by atoms with Gasteiger partial charge in [-0.3, -0.25) is 9.48 Å². The van der Waals surface area contributed by atoms with Crippen molar-refractivity contribution in [3.05, 3.63) is 16.0 Å². The molecule has 0 aromatic carbocycles. The molecule has 1 atom stereocenters. The molecule has 1 aromatic heterocycles. The van der Waals surface area contributed by atoms with Gasteiger partial charge in [0.1, 0.15) is 6.04 Å². The molecular formula is C12H20IN3O2. The maximum absolute atomic E-state index is 11.8. The zero-order valence-corrected chi connectivity index (χ0v) is 13.0. The minimum absolute atomic E-state index is 0.173. The van der Waals surface area contributed by atoms with Gasteiger partial charge in [-0.1, -0.05) is 6.92 Å². The van der Waals surface area contributed by atoms with Gasteiger partial charge in [0, 0.05) is 12.7 Å². The second-order valence-electron chi connectivity index (χ2n) is 3.97. The lowest BCUT2D eigenvalue weighted by molar-refractivity contribution is -0.145. The van der Waals surface area contributed by atoms with Crippen molar-refractivity contribution in [1.82, 2.24) is 15.1 Å². The molecule has 1 rings (SSSR count). The Kier molecular flexibility index (Phi) is 7.26. The van der Waals surface area contributed by atoms with Crippen LogP contribution in [0.4, 0.5) is 0 Å². The van der Waals surface area contributed by atoms with E-state index in [1.54, 1.807) is 6.20 Å². The molecule has 0 saturated heterocycles. The number of carbonyl (C=O) groups excluding carboxylic acids is 1. The van der Waals surface area contributed by atoms with Crippen LogP contribution in [0.15, 0.2) is 12.4 Å². The summed E-state index contributed by atoms with van der Waals surface area (Å²) in [7, 11) is 0. The van der Waals surface area contributed by atoms with Crippen molar-refractivity contribution in [2.75, 3.05) is 13.2 Å². The number of nitrogens with zero attached hydrogens (tertiary/aromatic N) is 2. The van der Waals surface area contributed by atoms with Crippen LogP contribution < -0.4 is 5.32 Å². The van der Waals surface area contributed by atoms with Crippen LogP contribution >= 0.6 is 22.6 Å². The Morgan fingerprint density at radius 3 is 2.94 bits per heavy atom. The Morgan fingerprint density at radius 1 is 1.61 bits per heavy atom. The molecule has 5 nitrogen and oxygen atoms in total. The summed E-state index contributed by atoms with van der Waals surface area (Å²) in [5.41, 5.74) is 0. The summed E-state index contributed by atoms with van der Waals surface area (Å²) in [5, 5.41) is 7.42. The molecule has 0 aliphatic rings. The summed E-state index contributed by atoms with van der Waals surface area (Å²) in [6.45, 7) is 5.85. The van der Waals surface area contributed by atoms with E-state index in [1.165, 1.54) is 0 Å². The second-order valence-corrected chi connectivity index (χ2v) is 5.21. The number of hydrogen-bond donors (Lipinski definition) is 1. The molecule has 6 heteroatoms. The van der Waals surface area contributed by atoms with E-state index in [4.69, 9.17) is 4.74 Å². The van der Waals surface area contributed by atoms with Gasteiger partial charge in [-0.25, -0.2) is 0 Å². The minimum atomic E-state index is -0.244. The van der Waals surface area contributed by atoms with Gasteiger partial charge in [0.2, 0.25) is 0 Å². The number of rotatable bonds is 8. The molecule has 1 unspecified atom stereocenters. The summed E-state index contributed by atoms with van der Waals surface area (Å²) in [6, 6.07) is -0.244. The number of esters is 1. The third-order valence-electron chi connectivity index (χ3n) is 2.46. The van der Waals surface area contributed by atoms with Gasteiger partial charge in [0.05, 0.1) is 16.4 Å². The van der Waals surface area contributed by atoms with Crippen LogP contribution in [0.1, 0.15) is 26.7 Å². The fraction of sp³-hybridized carbons (Fsp3) is 0.667. The maximum atomic E-state index is 11.8. The highest BCUT2D eigenvalue weighted by Crippen LogP contribution is 2.04. The number of aromatic nitrogens is 2. The van der Waals surface area contributed by atoms with Crippen LogP contribution in [0.5, 0.6) is 0 Å². The Morgan fingerprint density at radius 2 is 2.39 bits per heavy atom. The number of ether oxygens (including phenoxy) is 1. The second kappa shape index (κ2) is 8.47. The molecule has 0 amide bonds. The van der Waals surface area contributed by atoms with E-state index < -0.39 is 0 Å². The first-order chi connectivity index (χ1) is 8.67. The highest BCUT2D eigenvalue weighted by molar-refractivity contribution is 14.1. The standard InChI is InChI=1S/C12H20IN3O2/c1-3-6-14-11(12(17)18-4-2)5-7-16-9-10(13)8-15-16/h8-9,11,14H,3-7H2,1-2H3. The van der Waals surface area contributed by atoms with Crippen molar-refractivity contribution in [2.45, 2.75) is 39.3 Å². The molecule has 0 radical (unpaired) electrons. The molecule has 0 aliphatic carbocycles. The summed E-state index contributed by atoms with van der Waals surface area (Å²) >= 11 is 2.22. The molecule has 1 N–H and O–H groups in total. The first-order valence-corrected chi connectivity index (χ1v) is 7.33. The van der Waals surface area contributed by atoms with Crippen LogP contribution in [0.25, 0.3) is 0 Å². The summed E-state index contributed by atoms with van der Waals surface area (Å²) in [4.78, 5) is 11.8. The molecule has 0 bridgehead atoms. The average Bonchev–Trinajstić information content (AvgIpc) is 2.75. The summed E-state index contributed by atoms with van der Waals surface area (Å²) in [5.74, 6) is -0.173. The van der Waals surface area contributed by atoms with E-state index in [9.17, 15) is 4.79 Å². The first kappa shape index (κ1) is 15.4. The predicted octanol–water partition coefficient (Wildman–Crippen LogP) is 1.81. The van der Waals surface area contributed by atoms with Crippen molar-refractivity contribution in [3.8, 4) is 0 Å². The van der Waals surface area contributed by atoms with Crippen LogP contribution in [0.2, 0.25) is 0 Å². The van der Waals surface area contributed by atoms with E-state index in [1.807, 2.05) is 17.8 Å². The average molecular weight is 365 g/mol. The zero-order chi connectivity index (χ0) is 13.4. The van der Waals surface area contributed by atoms with Gasteiger partial charge >= 0.3 is 5.97 Å². The number of aryl methyl sites for hydroxylation is 1. The van der Waals surface area contributed by atoms with Crippen LogP contribution in [0.3, 0.4) is 0 Å². The monoisotopic (exact) mass is 365 g/mol. The summed E-state index contributed by atoms with van der Waals surface area (Å²) < 4.78 is 8.01. The van der Waals surface area contributed by atoms with Gasteiger partial charge in [0.15, 0.2) is 0 Å². The van der Waals surface area contributed by atoms with Crippen molar-refractivity contribution in [1.29, 1.82) is 0 Å². The Hall–Kier alpha value is -0.630. The van der Waals surface area contributed by atoms with Gasteiger partial charge in [-0.15, -0.1) is 0 Å². The molecule has 102 valence electrons. The van der Waals surface area contributed by atoms with E-state index in [-0.39, 0.29) is 12.0 Å². The maximum Gasteiger partial charge on any atom is 0.323 e. The van der Waals surface area contributed by atoms with E-state index >= 15 is 0 Å². The number of nitrogens with one attached hydrogen (secondary N) is 1. The molecular weight excluding hydrogens is 345 g/mol. The predicted molar refractivity (Wildman–Crippen MR) is 78.3 cm³/mol. The van der Waals surface area contributed by atoms with Crippen molar-refractivity contribution in [3.63, 3.8) is 0 Å². The Bertz CT molecular complexity index is 368. The lowest BCUT2D eigenvalue weighted by Crippen LogP contribution is -2.39. The van der Waals surface area contributed by atoms with Crippen LogP contribution in [-0.4, -0.2) is 34.9 Å². The van der Waals surface area contributed by atoms with Gasteiger partial charge in [0.25, 0.3) is 0 Å². The van der Waals surface area contributed by atoms with Crippen molar-refractivity contribution in [2.24, 2.45) is 0 Å². The van der Waals surface area contributed by atoms with Gasteiger partial charge in [-0.2, -0.15) is 5.10 Å². The van der Waals surface area contributed by atoms with Crippen LogP contribution in [-0.2, 0) is 16.1 Å². The third-order valence-corrected chi connectivity index (χ3v) is 3.02. The minimum Gasteiger partial charge on any atom is -0.465 e. The quantitative estimate of drug-likeness (QED) is 0.564. The topological polar surface area (TPSA) is 56.2 Å². The first-order valence-electron chi connectivity index (χ1n) is 6.25. The molecule has 0 spiro atoms. The molecule has 18 heavy (non-hydrogen) atoms. The normalized spacial score (nSPS) is 12.4. The molecule has 1 aromatic rings. The molecule has 1 heterocycles. The molecule has 0 aliphatic heterocycles. The smallest absolute Gasteiger partial charge is 0.323 e. The van der Waals surface area contributed by atoms with Gasteiger partial charge < -0.3 is 10.1 Å². The summed E-state index contributed by atoms with van der Waals surface area (Å²) in [6.07, 6.45) is 5.45. The van der Waals surface area contributed by atoms with Crippen molar-refractivity contribution >= 4 is 28.6 Å². The van der Waals surface area contributed by atoms with Gasteiger partial charge in [-0.05, 0) is 48.9 Å². The Labute approximate surface area is 121 Å². The number of carbonyl (C=O) groups is 1.